The molecule has 2 aliphatic rings. The summed E-state index contributed by atoms with van der Waals surface area (Å²) in [7, 11) is 0. The predicted octanol–water partition coefficient (Wildman–Crippen LogP) is 5.38. The highest BCUT2D eigenvalue weighted by Crippen LogP contribution is 2.36. The summed E-state index contributed by atoms with van der Waals surface area (Å²) in [4.78, 5) is 17.7. The van der Waals surface area contributed by atoms with E-state index < -0.39 is 23.2 Å². The van der Waals surface area contributed by atoms with Gasteiger partial charge in [-0.25, -0.2) is 4.39 Å². The summed E-state index contributed by atoms with van der Waals surface area (Å²) in [5, 5.41) is 3.66. The van der Waals surface area contributed by atoms with Crippen LogP contribution in [0.5, 0.6) is 0 Å². The maximum Gasteiger partial charge on any atom is 0.419 e. The van der Waals surface area contributed by atoms with Crippen LogP contribution in [-0.2, 0) is 30.5 Å². The summed E-state index contributed by atoms with van der Waals surface area (Å²) in [5.41, 5.74) is 0.893. The molecule has 1 unspecified atom stereocenters. The highest BCUT2D eigenvalue weighted by atomic mass is 19.4. The SMILES string of the molecule is O=C1C(Cc2ccccc2)NC2(CCN(Cc3ccc(C(F)(F)F)c(F)c3)CC2)N1Cc1ccccc1. The molecule has 2 fully saturated rings. The van der Waals surface area contributed by atoms with Gasteiger partial charge in [-0.15, -0.1) is 0 Å². The second kappa shape index (κ2) is 10.3. The molecule has 1 amide bonds. The molecule has 8 heteroatoms. The first-order chi connectivity index (χ1) is 17.7. The number of alkyl halides is 3. The van der Waals surface area contributed by atoms with E-state index in [0.29, 0.717) is 51.0 Å². The van der Waals surface area contributed by atoms with E-state index in [2.05, 4.69) is 10.2 Å². The van der Waals surface area contributed by atoms with Gasteiger partial charge in [-0.1, -0.05) is 66.7 Å². The number of likely N-dealkylation sites (tertiary alicyclic amines) is 1. The molecule has 3 aromatic rings. The predicted molar refractivity (Wildman–Crippen MR) is 133 cm³/mol. The fourth-order valence-corrected chi connectivity index (χ4v) is 5.49. The second-order valence-corrected chi connectivity index (χ2v) is 9.92. The number of halogens is 4. The van der Waals surface area contributed by atoms with Gasteiger partial charge >= 0.3 is 6.18 Å². The Labute approximate surface area is 213 Å². The van der Waals surface area contributed by atoms with Gasteiger partial charge in [0.2, 0.25) is 5.91 Å². The normalized spacial score (nSPS) is 20.1. The highest BCUT2D eigenvalue weighted by Gasteiger charge is 2.51. The van der Waals surface area contributed by atoms with Gasteiger partial charge in [0.15, 0.2) is 0 Å². The van der Waals surface area contributed by atoms with Crippen LogP contribution < -0.4 is 5.32 Å². The standard InChI is InChI=1S/C29H29F4N3O/c30-25-17-23(11-12-24(25)29(31,32)33)19-35-15-13-28(14-16-35)34-26(18-21-7-3-1-4-8-21)27(37)36(28)20-22-9-5-2-6-10-22/h1-12,17,26,34H,13-16,18-20H2. The molecule has 0 aromatic heterocycles. The quantitative estimate of drug-likeness (QED) is 0.452. The van der Waals surface area contributed by atoms with Crippen molar-refractivity contribution in [2.75, 3.05) is 13.1 Å². The summed E-state index contributed by atoms with van der Waals surface area (Å²) in [6, 6.07) is 22.6. The minimum atomic E-state index is -4.71. The Morgan fingerprint density at radius 1 is 0.838 bits per heavy atom. The fraction of sp³-hybridized carbons (Fsp3) is 0.345. The molecule has 0 saturated carbocycles. The van der Waals surface area contributed by atoms with Gasteiger partial charge in [0.05, 0.1) is 17.3 Å². The summed E-state index contributed by atoms with van der Waals surface area (Å²) < 4.78 is 52.8. The summed E-state index contributed by atoms with van der Waals surface area (Å²) in [6.45, 7) is 2.12. The van der Waals surface area contributed by atoms with Crippen LogP contribution in [-0.4, -0.2) is 40.5 Å². The van der Waals surface area contributed by atoms with E-state index in [0.717, 1.165) is 23.3 Å². The van der Waals surface area contributed by atoms with Gasteiger partial charge in [-0.05, 0) is 48.1 Å². The molecule has 0 radical (unpaired) electrons. The van der Waals surface area contributed by atoms with Gasteiger partial charge in [-0.3, -0.25) is 15.0 Å². The number of amides is 1. The van der Waals surface area contributed by atoms with E-state index >= 15 is 0 Å². The minimum Gasteiger partial charge on any atom is -0.319 e. The van der Waals surface area contributed by atoms with Crippen LogP contribution in [0.25, 0.3) is 0 Å². The van der Waals surface area contributed by atoms with Crippen molar-refractivity contribution in [2.45, 2.75) is 50.2 Å². The van der Waals surface area contributed by atoms with Crippen molar-refractivity contribution >= 4 is 5.91 Å². The van der Waals surface area contributed by atoms with Gasteiger partial charge in [0.1, 0.15) is 5.82 Å². The van der Waals surface area contributed by atoms with Crippen LogP contribution >= 0.6 is 0 Å². The Kier molecular flexibility index (Phi) is 7.05. The number of hydrogen-bond acceptors (Lipinski definition) is 3. The van der Waals surface area contributed by atoms with Crippen LogP contribution in [0.3, 0.4) is 0 Å². The van der Waals surface area contributed by atoms with E-state index in [4.69, 9.17) is 0 Å². The first-order valence-corrected chi connectivity index (χ1v) is 12.5. The van der Waals surface area contributed by atoms with Gasteiger partial charge in [0.25, 0.3) is 0 Å². The molecule has 2 aliphatic heterocycles. The average molecular weight is 512 g/mol. The molecule has 0 bridgehead atoms. The lowest BCUT2D eigenvalue weighted by Gasteiger charge is -2.45. The number of benzene rings is 3. The molecule has 1 spiro atoms. The Hall–Kier alpha value is -3.23. The van der Waals surface area contributed by atoms with Crippen LogP contribution in [0.4, 0.5) is 17.6 Å². The zero-order valence-electron chi connectivity index (χ0n) is 20.3. The maximum absolute atomic E-state index is 14.1. The van der Waals surface area contributed by atoms with Crippen LogP contribution in [0.15, 0.2) is 78.9 Å². The molecule has 1 atom stereocenters. The van der Waals surface area contributed by atoms with Crippen LogP contribution in [0, 0.1) is 5.82 Å². The van der Waals surface area contributed by atoms with E-state index in [1.165, 1.54) is 6.07 Å². The third-order valence-corrected chi connectivity index (χ3v) is 7.42. The van der Waals surface area contributed by atoms with Crippen molar-refractivity contribution in [3.8, 4) is 0 Å². The molecule has 2 heterocycles. The van der Waals surface area contributed by atoms with E-state index in [1.54, 1.807) is 0 Å². The average Bonchev–Trinajstić information content (AvgIpc) is 3.11. The smallest absolute Gasteiger partial charge is 0.319 e. The minimum absolute atomic E-state index is 0.0750. The highest BCUT2D eigenvalue weighted by molar-refractivity contribution is 5.85. The molecular formula is C29H29F4N3O. The monoisotopic (exact) mass is 511 g/mol. The molecule has 5 rings (SSSR count). The van der Waals surface area contributed by atoms with Crippen molar-refractivity contribution in [3.63, 3.8) is 0 Å². The lowest BCUT2D eigenvalue weighted by Crippen LogP contribution is -2.58. The van der Waals surface area contributed by atoms with Crippen molar-refractivity contribution in [1.82, 2.24) is 15.1 Å². The lowest BCUT2D eigenvalue weighted by molar-refractivity contribution is -0.140. The third-order valence-electron chi connectivity index (χ3n) is 7.42. The number of nitrogens with one attached hydrogen (secondary N) is 1. The topological polar surface area (TPSA) is 35.6 Å². The first kappa shape index (κ1) is 25.4. The lowest BCUT2D eigenvalue weighted by atomic mass is 9.94. The number of piperidine rings is 1. The molecule has 1 N–H and O–H groups in total. The second-order valence-electron chi connectivity index (χ2n) is 9.92. The van der Waals surface area contributed by atoms with E-state index in [1.807, 2.05) is 65.6 Å². The van der Waals surface area contributed by atoms with Crippen molar-refractivity contribution in [1.29, 1.82) is 0 Å². The maximum atomic E-state index is 14.1. The Morgan fingerprint density at radius 3 is 2.05 bits per heavy atom. The molecular weight excluding hydrogens is 482 g/mol. The molecule has 2 saturated heterocycles. The van der Waals surface area contributed by atoms with Crippen molar-refractivity contribution in [2.24, 2.45) is 0 Å². The molecule has 0 aliphatic carbocycles. The van der Waals surface area contributed by atoms with E-state index in [-0.39, 0.29) is 11.9 Å². The van der Waals surface area contributed by atoms with Gasteiger partial charge < -0.3 is 4.90 Å². The number of carbonyl (C=O) groups excluding carboxylic acids is 1. The van der Waals surface area contributed by atoms with Gasteiger partial charge in [0, 0.05) is 26.2 Å². The zero-order chi connectivity index (χ0) is 26.0. The molecule has 37 heavy (non-hydrogen) atoms. The Balaban J connectivity index is 1.31. The Bertz CT molecular complexity index is 1220. The third kappa shape index (κ3) is 5.55. The summed E-state index contributed by atoms with van der Waals surface area (Å²) >= 11 is 0. The number of hydrogen-bond donors (Lipinski definition) is 1. The van der Waals surface area contributed by atoms with E-state index in [9.17, 15) is 22.4 Å². The van der Waals surface area contributed by atoms with Crippen LogP contribution in [0.2, 0.25) is 0 Å². The Morgan fingerprint density at radius 2 is 1.46 bits per heavy atom. The largest absolute Gasteiger partial charge is 0.419 e. The fourth-order valence-electron chi connectivity index (χ4n) is 5.49. The molecule has 194 valence electrons. The molecule has 3 aromatic carbocycles. The number of carbonyl (C=O) groups is 1. The summed E-state index contributed by atoms with van der Waals surface area (Å²) in [5.74, 6) is -1.18. The van der Waals surface area contributed by atoms with Crippen molar-refractivity contribution < 1.29 is 22.4 Å². The first-order valence-electron chi connectivity index (χ1n) is 12.5. The number of nitrogens with zero attached hydrogens (tertiary/aromatic N) is 2. The number of rotatable bonds is 6. The van der Waals surface area contributed by atoms with Gasteiger partial charge in [-0.2, -0.15) is 13.2 Å². The molecule has 4 nitrogen and oxygen atoms in total. The zero-order valence-corrected chi connectivity index (χ0v) is 20.3. The van der Waals surface area contributed by atoms with Crippen LogP contribution in [0.1, 0.15) is 35.1 Å². The van der Waals surface area contributed by atoms with Crippen molar-refractivity contribution in [3.05, 3.63) is 107 Å². The summed E-state index contributed by atoms with van der Waals surface area (Å²) in [6.07, 6.45) is -2.78.